The van der Waals surface area contributed by atoms with Crippen molar-refractivity contribution in [3.63, 3.8) is 0 Å². The lowest BCUT2D eigenvalue weighted by molar-refractivity contribution is -0.137. The van der Waals surface area contributed by atoms with Gasteiger partial charge in [-0.15, -0.1) is 0 Å². The van der Waals surface area contributed by atoms with Gasteiger partial charge in [0.25, 0.3) is 0 Å². The number of benzene rings is 2. The number of nitrogens with zero attached hydrogens (tertiary/aromatic N) is 1. The highest BCUT2D eigenvalue weighted by atomic mass is 19.4. The highest BCUT2D eigenvalue weighted by molar-refractivity contribution is 5.82. The van der Waals surface area contributed by atoms with E-state index in [1.54, 1.807) is 11.9 Å². The summed E-state index contributed by atoms with van der Waals surface area (Å²) in [4.78, 5) is 14.3. The minimum Gasteiger partial charge on any atom is -0.341 e. The third kappa shape index (κ3) is 3.86. The molecular weight excluding hydrogens is 327 g/mol. The van der Waals surface area contributed by atoms with Crippen molar-refractivity contribution in [2.75, 3.05) is 7.05 Å². The molecule has 0 heterocycles. The molecule has 1 aliphatic carbocycles. The Balaban J connectivity index is 1.63. The highest BCUT2D eigenvalue weighted by Crippen LogP contribution is 2.48. The van der Waals surface area contributed by atoms with Crippen molar-refractivity contribution in [2.24, 2.45) is 5.92 Å². The second-order valence-corrected chi connectivity index (χ2v) is 6.69. The van der Waals surface area contributed by atoms with E-state index in [-0.39, 0.29) is 17.7 Å². The fourth-order valence-electron chi connectivity index (χ4n) is 3.16. The molecule has 2 aromatic carbocycles. The van der Waals surface area contributed by atoms with Crippen LogP contribution in [0.1, 0.15) is 34.6 Å². The van der Waals surface area contributed by atoms with Crippen LogP contribution in [0.5, 0.6) is 0 Å². The van der Waals surface area contributed by atoms with E-state index in [0.29, 0.717) is 13.0 Å². The Labute approximate surface area is 145 Å². The maximum atomic E-state index is 12.6. The van der Waals surface area contributed by atoms with Gasteiger partial charge in [0.15, 0.2) is 0 Å². The first-order chi connectivity index (χ1) is 11.8. The summed E-state index contributed by atoms with van der Waals surface area (Å²) in [6.45, 7) is 2.55. The van der Waals surface area contributed by atoms with E-state index in [2.05, 4.69) is 0 Å². The molecule has 1 fully saturated rings. The van der Waals surface area contributed by atoms with Crippen LogP contribution in [0.4, 0.5) is 13.2 Å². The van der Waals surface area contributed by atoms with Crippen LogP contribution in [0.25, 0.3) is 0 Å². The average molecular weight is 347 g/mol. The third-order valence-electron chi connectivity index (χ3n) is 4.82. The van der Waals surface area contributed by atoms with Gasteiger partial charge in [-0.05, 0) is 48.1 Å². The van der Waals surface area contributed by atoms with Crippen LogP contribution in [0, 0.1) is 12.8 Å². The molecular formula is C20H20F3NO. The van der Waals surface area contributed by atoms with Crippen LogP contribution >= 0.6 is 0 Å². The smallest absolute Gasteiger partial charge is 0.341 e. The predicted molar refractivity (Wildman–Crippen MR) is 89.9 cm³/mol. The van der Waals surface area contributed by atoms with Crippen molar-refractivity contribution in [1.29, 1.82) is 0 Å². The summed E-state index contributed by atoms with van der Waals surface area (Å²) in [6, 6.07) is 13.1. The summed E-state index contributed by atoms with van der Waals surface area (Å²) in [6.07, 6.45) is -3.63. The lowest BCUT2D eigenvalue weighted by Crippen LogP contribution is -2.28. The Kier molecular flexibility index (Phi) is 4.58. The molecule has 3 rings (SSSR count). The third-order valence-corrected chi connectivity index (χ3v) is 4.82. The summed E-state index contributed by atoms with van der Waals surface area (Å²) >= 11 is 0. The zero-order valence-corrected chi connectivity index (χ0v) is 14.2. The minimum atomic E-state index is -4.33. The molecule has 132 valence electrons. The van der Waals surface area contributed by atoms with Crippen LogP contribution in [-0.2, 0) is 17.5 Å². The zero-order valence-electron chi connectivity index (χ0n) is 14.2. The van der Waals surface area contributed by atoms with Crippen molar-refractivity contribution >= 4 is 5.91 Å². The van der Waals surface area contributed by atoms with E-state index in [4.69, 9.17) is 0 Å². The van der Waals surface area contributed by atoms with Crippen LogP contribution < -0.4 is 0 Å². The second-order valence-electron chi connectivity index (χ2n) is 6.69. The van der Waals surface area contributed by atoms with Gasteiger partial charge in [-0.1, -0.05) is 36.4 Å². The molecule has 1 amide bonds. The Morgan fingerprint density at radius 2 is 1.76 bits per heavy atom. The SMILES string of the molecule is Cc1ccccc1CN(C)C(=O)C1CC1c1ccc(C(F)(F)F)cc1. The van der Waals surface area contributed by atoms with E-state index in [1.807, 2.05) is 31.2 Å². The van der Waals surface area contributed by atoms with Gasteiger partial charge in [-0.2, -0.15) is 13.2 Å². The van der Waals surface area contributed by atoms with Crippen LogP contribution in [-0.4, -0.2) is 17.9 Å². The summed E-state index contributed by atoms with van der Waals surface area (Å²) < 4.78 is 37.9. The number of alkyl halides is 3. The molecule has 1 aliphatic rings. The number of hydrogen-bond donors (Lipinski definition) is 0. The fourth-order valence-corrected chi connectivity index (χ4v) is 3.16. The van der Waals surface area contributed by atoms with Gasteiger partial charge in [0.05, 0.1) is 5.56 Å². The standard InChI is InChI=1S/C20H20F3NO/c1-13-5-3-4-6-15(13)12-24(2)19(25)18-11-17(18)14-7-9-16(10-8-14)20(21,22)23/h3-10,17-18H,11-12H2,1-2H3. The van der Waals surface area contributed by atoms with Gasteiger partial charge < -0.3 is 4.90 Å². The van der Waals surface area contributed by atoms with Gasteiger partial charge in [-0.25, -0.2) is 0 Å². The highest BCUT2D eigenvalue weighted by Gasteiger charge is 2.45. The van der Waals surface area contributed by atoms with Crippen molar-refractivity contribution in [3.05, 3.63) is 70.8 Å². The van der Waals surface area contributed by atoms with Gasteiger partial charge >= 0.3 is 6.18 Å². The second kappa shape index (κ2) is 6.54. The number of halogens is 3. The Morgan fingerprint density at radius 3 is 2.36 bits per heavy atom. The number of amides is 1. The summed E-state index contributed by atoms with van der Waals surface area (Å²) in [7, 11) is 1.77. The predicted octanol–water partition coefficient (Wildman–Crippen LogP) is 4.78. The van der Waals surface area contributed by atoms with Crippen LogP contribution in [0.3, 0.4) is 0 Å². The molecule has 2 aromatic rings. The lowest BCUT2D eigenvalue weighted by atomic mass is 10.1. The van der Waals surface area contributed by atoms with E-state index in [0.717, 1.165) is 28.8 Å². The first-order valence-corrected chi connectivity index (χ1v) is 8.24. The molecule has 5 heteroatoms. The first kappa shape index (κ1) is 17.5. The maximum Gasteiger partial charge on any atom is 0.416 e. The summed E-state index contributed by atoms with van der Waals surface area (Å²) in [5.74, 6) is -0.0620. The molecule has 0 aliphatic heterocycles. The molecule has 0 spiro atoms. The number of hydrogen-bond acceptors (Lipinski definition) is 1. The molecule has 25 heavy (non-hydrogen) atoms. The molecule has 0 N–H and O–H groups in total. The number of carbonyl (C=O) groups excluding carboxylic acids is 1. The van der Waals surface area contributed by atoms with Gasteiger partial charge in [0.1, 0.15) is 0 Å². The zero-order chi connectivity index (χ0) is 18.2. The fraction of sp³-hybridized carbons (Fsp3) is 0.350. The Hall–Kier alpha value is -2.30. The summed E-state index contributed by atoms with van der Waals surface area (Å²) in [5.41, 5.74) is 2.38. The van der Waals surface area contributed by atoms with Crippen molar-refractivity contribution in [3.8, 4) is 0 Å². The van der Waals surface area contributed by atoms with Crippen molar-refractivity contribution < 1.29 is 18.0 Å². The molecule has 0 aromatic heterocycles. The van der Waals surface area contributed by atoms with Crippen molar-refractivity contribution in [1.82, 2.24) is 4.90 Å². The lowest BCUT2D eigenvalue weighted by Gasteiger charge is -2.18. The first-order valence-electron chi connectivity index (χ1n) is 8.24. The van der Waals surface area contributed by atoms with E-state index in [9.17, 15) is 18.0 Å². The summed E-state index contributed by atoms with van der Waals surface area (Å²) in [5, 5.41) is 0. The quantitative estimate of drug-likeness (QED) is 0.780. The number of carbonyl (C=O) groups is 1. The number of aryl methyl sites for hydroxylation is 1. The number of rotatable bonds is 4. The van der Waals surface area contributed by atoms with Gasteiger partial charge in [0.2, 0.25) is 5.91 Å². The molecule has 1 saturated carbocycles. The topological polar surface area (TPSA) is 20.3 Å². The van der Waals surface area contributed by atoms with Crippen LogP contribution in [0.15, 0.2) is 48.5 Å². The molecule has 2 unspecified atom stereocenters. The normalized spacial score (nSPS) is 19.6. The Bertz CT molecular complexity index is 767. The average Bonchev–Trinajstić information content (AvgIpc) is 3.36. The molecule has 0 bridgehead atoms. The molecule has 0 radical (unpaired) electrons. The van der Waals surface area contributed by atoms with E-state index >= 15 is 0 Å². The molecule has 0 saturated heterocycles. The monoisotopic (exact) mass is 347 g/mol. The molecule has 2 nitrogen and oxygen atoms in total. The van der Waals surface area contributed by atoms with Crippen molar-refractivity contribution in [2.45, 2.75) is 32.0 Å². The van der Waals surface area contributed by atoms with Gasteiger partial charge in [0, 0.05) is 19.5 Å². The largest absolute Gasteiger partial charge is 0.416 e. The minimum absolute atomic E-state index is 0.0223. The Morgan fingerprint density at radius 1 is 1.12 bits per heavy atom. The van der Waals surface area contributed by atoms with Crippen LogP contribution in [0.2, 0.25) is 0 Å². The molecule has 2 atom stereocenters. The van der Waals surface area contributed by atoms with E-state index in [1.165, 1.54) is 12.1 Å². The van der Waals surface area contributed by atoms with E-state index < -0.39 is 11.7 Å². The maximum absolute atomic E-state index is 12.6. The van der Waals surface area contributed by atoms with Gasteiger partial charge in [-0.3, -0.25) is 4.79 Å².